The van der Waals surface area contributed by atoms with Crippen LogP contribution in [0.15, 0.2) is 12.1 Å². The first-order chi connectivity index (χ1) is 12.9. The number of rotatable bonds is 7. The Morgan fingerprint density at radius 2 is 1.93 bits per heavy atom. The van der Waals surface area contributed by atoms with Crippen LogP contribution in [0.1, 0.15) is 48.8 Å². The fourth-order valence-electron chi connectivity index (χ4n) is 4.68. The number of carbonyl (C=O) groups excluding carboxylic acids is 1. The first-order valence-electron chi connectivity index (χ1n) is 10.6. The first kappa shape index (κ1) is 20.8. The molecule has 1 aliphatic heterocycles. The van der Waals surface area contributed by atoms with Gasteiger partial charge in [0.2, 0.25) is 5.91 Å². The van der Waals surface area contributed by atoms with Gasteiger partial charge in [-0.25, -0.2) is 0 Å². The number of hydrogen-bond donors (Lipinski definition) is 0. The zero-order valence-corrected chi connectivity index (χ0v) is 18.4. The summed E-state index contributed by atoms with van der Waals surface area (Å²) in [5.41, 5.74) is 0. The Balaban J connectivity index is 1.38. The smallest absolute Gasteiger partial charge is 0.236 e. The van der Waals surface area contributed by atoms with E-state index >= 15 is 0 Å². The van der Waals surface area contributed by atoms with Crippen molar-refractivity contribution in [3.63, 3.8) is 0 Å². The lowest BCUT2D eigenvalue weighted by Crippen LogP contribution is -2.44. The van der Waals surface area contributed by atoms with E-state index in [1.807, 2.05) is 23.3 Å². The Morgan fingerprint density at radius 1 is 1.19 bits per heavy atom. The topological polar surface area (TPSA) is 26.8 Å². The third-order valence-electron chi connectivity index (χ3n) is 6.45. The largest absolute Gasteiger partial charge is 0.342 e. The van der Waals surface area contributed by atoms with Crippen molar-refractivity contribution in [2.75, 3.05) is 40.3 Å². The molecule has 1 aromatic rings. The van der Waals surface area contributed by atoms with Gasteiger partial charge in [-0.05, 0) is 76.6 Å². The zero-order valence-electron chi connectivity index (χ0n) is 17.6. The molecule has 2 aliphatic rings. The number of amides is 1. The summed E-state index contributed by atoms with van der Waals surface area (Å²) in [5.74, 6) is 1.81. The van der Waals surface area contributed by atoms with Crippen LogP contribution in [-0.2, 0) is 11.3 Å². The molecule has 0 unspecified atom stereocenters. The van der Waals surface area contributed by atoms with Gasteiger partial charge in [-0.2, -0.15) is 0 Å². The lowest BCUT2D eigenvalue weighted by Gasteiger charge is -2.34. The average Bonchev–Trinajstić information content (AvgIpc) is 3.23. The third-order valence-corrected chi connectivity index (χ3v) is 7.43. The molecule has 5 heteroatoms. The molecule has 0 bridgehead atoms. The lowest BCUT2D eigenvalue weighted by atomic mass is 9.87. The van der Waals surface area contributed by atoms with Gasteiger partial charge in [-0.15, -0.1) is 11.3 Å². The van der Waals surface area contributed by atoms with Gasteiger partial charge in [0, 0.05) is 42.5 Å². The number of aryl methyl sites for hydroxylation is 1. The van der Waals surface area contributed by atoms with Crippen molar-refractivity contribution < 1.29 is 4.79 Å². The lowest BCUT2D eigenvalue weighted by molar-refractivity contribution is -0.133. The molecule has 0 radical (unpaired) electrons. The third kappa shape index (κ3) is 6.03. The van der Waals surface area contributed by atoms with Gasteiger partial charge in [-0.1, -0.05) is 6.92 Å². The molecule has 2 fully saturated rings. The highest BCUT2D eigenvalue weighted by Gasteiger charge is 2.27. The van der Waals surface area contributed by atoms with Crippen LogP contribution in [0.5, 0.6) is 0 Å². The number of likely N-dealkylation sites (N-methyl/N-ethyl adjacent to an activating group) is 2. The first-order valence-corrected chi connectivity index (χ1v) is 11.4. The van der Waals surface area contributed by atoms with Crippen molar-refractivity contribution in [3.05, 3.63) is 21.9 Å². The number of likely N-dealkylation sites (tertiary alicyclic amines) is 1. The Kier molecular flexibility index (Phi) is 7.35. The number of nitrogens with zero attached hydrogens (tertiary/aromatic N) is 3. The Bertz CT molecular complexity index is 608. The van der Waals surface area contributed by atoms with Crippen LogP contribution in [0.3, 0.4) is 0 Å². The monoisotopic (exact) mass is 391 g/mol. The summed E-state index contributed by atoms with van der Waals surface area (Å²) >= 11 is 1.91. The van der Waals surface area contributed by atoms with Crippen LogP contribution >= 0.6 is 11.3 Å². The molecule has 1 saturated heterocycles. The van der Waals surface area contributed by atoms with Crippen molar-refractivity contribution in [1.82, 2.24) is 14.7 Å². The molecule has 1 amide bonds. The van der Waals surface area contributed by atoms with E-state index < -0.39 is 0 Å². The van der Waals surface area contributed by atoms with Gasteiger partial charge < -0.3 is 4.90 Å². The van der Waals surface area contributed by atoms with Crippen LogP contribution in [0.25, 0.3) is 0 Å². The number of hydrogen-bond acceptors (Lipinski definition) is 4. The van der Waals surface area contributed by atoms with Crippen LogP contribution in [0.4, 0.5) is 0 Å². The second kappa shape index (κ2) is 9.53. The van der Waals surface area contributed by atoms with Crippen LogP contribution in [-0.4, -0.2) is 66.9 Å². The van der Waals surface area contributed by atoms with E-state index in [-0.39, 0.29) is 0 Å². The number of carbonyl (C=O) groups is 1. The molecule has 1 atom stereocenters. The zero-order chi connectivity index (χ0) is 19.4. The average molecular weight is 392 g/mol. The van der Waals surface area contributed by atoms with Crippen LogP contribution in [0.2, 0.25) is 0 Å². The van der Waals surface area contributed by atoms with Crippen molar-refractivity contribution in [1.29, 1.82) is 0 Å². The highest BCUT2D eigenvalue weighted by atomic mass is 32.1. The maximum atomic E-state index is 12.7. The van der Waals surface area contributed by atoms with E-state index in [2.05, 4.69) is 42.8 Å². The second-order valence-electron chi connectivity index (χ2n) is 9.02. The van der Waals surface area contributed by atoms with Crippen molar-refractivity contribution in [2.24, 2.45) is 11.8 Å². The van der Waals surface area contributed by atoms with Gasteiger partial charge in [0.1, 0.15) is 0 Å². The SMILES string of the molecule is Cc1ccc(CN2CC[C@@H](CN(C)CC(=O)N(C)C3CCC(C)CC3)C2)s1. The summed E-state index contributed by atoms with van der Waals surface area (Å²) < 4.78 is 0. The highest BCUT2D eigenvalue weighted by molar-refractivity contribution is 7.11. The van der Waals surface area contributed by atoms with Crippen LogP contribution in [0, 0.1) is 18.8 Å². The van der Waals surface area contributed by atoms with Crippen molar-refractivity contribution in [3.8, 4) is 0 Å². The molecule has 4 nitrogen and oxygen atoms in total. The fraction of sp³-hybridized carbons (Fsp3) is 0.773. The Hall–Kier alpha value is -0.910. The molecular formula is C22H37N3OS. The molecule has 3 rings (SSSR count). The molecule has 1 aromatic heterocycles. The molecule has 1 saturated carbocycles. The summed E-state index contributed by atoms with van der Waals surface area (Å²) in [4.78, 5) is 22.4. The summed E-state index contributed by atoms with van der Waals surface area (Å²) in [6.45, 7) is 9.52. The molecule has 1 aliphatic carbocycles. The fourth-order valence-corrected chi connectivity index (χ4v) is 5.61. The van der Waals surface area contributed by atoms with Gasteiger partial charge >= 0.3 is 0 Å². The van der Waals surface area contributed by atoms with Gasteiger partial charge in [0.05, 0.1) is 6.54 Å². The molecule has 0 N–H and O–H groups in total. The van der Waals surface area contributed by atoms with Gasteiger partial charge in [0.15, 0.2) is 0 Å². The molecule has 152 valence electrons. The Morgan fingerprint density at radius 3 is 2.59 bits per heavy atom. The Labute approximate surface area is 169 Å². The maximum absolute atomic E-state index is 12.7. The summed E-state index contributed by atoms with van der Waals surface area (Å²) in [6, 6.07) is 4.94. The van der Waals surface area contributed by atoms with E-state index in [4.69, 9.17) is 0 Å². The molecular weight excluding hydrogens is 354 g/mol. The predicted octanol–water partition coefficient (Wildman–Crippen LogP) is 3.85. The highest BCUT2D eigenvalue weighted by Crippen LogP contribution is 2.27. The van der Waals surface area contributed by atoms with E-state index in [0.717, 1.165) is 25.6 Å². The quantitative estimate of drug-likeness (QED) is 0.706. The minimum Gasteiger partial charge on any atom is -0.342 e. The predicted molar refractivity (Wildman–Crippen MR) is 114 cm³/mol. The molecule has 0 aromatic carbocycles. The van der Waals surface area contributed by atoms with E-state index in [0.29, 0.717) is 24.4 Å². The molecule has 2 heterocycles. The van der Waals surface area contributed by atoms with Gasteiger partial charge in [-0.3, -0.25) is 14.6 Å². The van der Waals surface area contributed by atoms with E-state index in [1.165, 1.54) is 48.4 Å². The van der Waals surface area contributed by atoms with Crippen molar-refractivity contribution in [2.45, 2.75) is 58.5 Å². The standard InChI is InChI=1S/C22H37N3OS/c1-17-5-8-20(9-6-17)24(4)22(26)16-23(3)13-19-11-12-25(14-19)15-21-10-7-18(2)27-21/h7,10,17,19-20H,5-6,8-9,11-16H2,1-4H3/t17?,19-,20?/m0/s1. The van der Waals surface area contributed by atoms with Crippen molar-refractivity contribution >= 4 is 17.2 Å². The van der Waals surface area contributed by atoms with Crippen LogP contribution < -0.4 is 0 Å². The minimum atomic E-state index is 0.293. The maximum Gasteiger partial charge on any atom is 0.236 e. The van der Waals surface area contributed by atoms with Gasteiger partial charge in [0.25, 0.3) is 0 Å². The van der Waals surface area contributed by atoms with E-state index in [9.17, 15) is 4.79 Å². The molecule has 0 spiro atoms. The summed E-state index contributed by atoms with van der Waals surface area (Å²) in [5, 5.41) is 0. The normalized spacial score (nSPS) is 26.6. The minimum absolute atomic E-state index is 0.293. The van der Waals surface area contributed by atoms with E-state index in [1.54, 1.807) is 0 Å². The number of thiophene rings is 1. The second-order valence-corrected chi connectivity index (χ2v) is 10.4. The summed E-state index contributed by atoms with van der Waals surface area (Å²) in [6.07, 6.45) is 6.12. The molecule has 27 heavy (non-hydrogen) atoms. The summed E-state index contributed by atoms with van der Waals surface area (Å²) in [7, 11) is 4.12.